The predicted molar refractivity (Wildman–Crippen MR) is 115 cm³/mol. The Morgan fingerprint density at radius 1 is 1.17 bits per heavy atom. The van der Waals surface area contributed by atoms with E-state index in [1.807, 2.05) is 12.1 Å². The van der Waals surface area contributed by atoms with Gasteiger partial charge < -0.3 is 19.4 Å². The van der Waals surface area contributed by atoms with E-state index in [4.69, 9.17) is 20.8 Å². The molecule has 0 radical (unpaired) electrons. The average Bonchev–Trinajstić information content (AvgIpc) is 3.35. The number of ether oxygens (including phenoxy) is 1. The van der Waals surface area contributed by atoms with Gasteiger partial charge in [0, 0.05) is 15.5 Å². The first-order valence-electron chi connectivity index (χ1n) is 9.67. The van der Waals surface area contributed by atoms with Crippen molar-refractivity contribution in [2.75, 3.05) is 31.6 Å². The molecule has 0 spiro atoms. The van der Waals surface area contributed by atoms with E-state index in [0.717, 1.165) is 36.9 Å². The van der Waals surface area contributed by atoms with Crippen LogP contribution in [0.5, 0.6) is 0 Å². The molecule has 1 aliphatic rings. The van der Waals surface area contributed by atoms with Crippen molar-refractivity contribution < 1.29 is 18.8 Å². The van der Waals surface area contributed by atoms with Gasteiger partial charge in [-0.25, -0.2) is 0 Å². The van der Waals surface area contributed by atoms with Gasteiger partial charge in [-0.3, -0.25) is 4.79 Å². The number of aryl methyl sites for hydroxylation is 1. The summed E-state index contributed by atoms with van der Waals surface area (Å²) in [6.07, 6.45) is 1.51. The summed E-state index contributed by atoms with van der Waals surface area (Å²) in [6, 6.07) is 11.5. The van der Waals surface area contributed by atoms with Crippen LogP contribution in [0.25, 0.3) is 0 Å². The monoisotopic (exact) mass is 431 g/mol. The number of amides is 1. The van der Waals surface area contributed by atoms with Crippen LogP contribution in [0.1, 0.15) is 38.2 Å². The first kappa shape index (κ1) is 20.2. The summed E-state index contributed by atoms with van der Waals surface area (Å²) >= 11 is 7.76. The van der Waals surface area contributed by atoms with Crippen molar-refractivity contribution in [1.82, 2.24) is 0 Å². The fraction of sp³-hybridized carbons (Fsp3) is 0.318. The van der Waals surface area contributed by atoms with E-state index in [1.165, 1.54) is 27.2 Å². The van der Waals surface area contributed by atoms with Gasteiger partial charge in [-0.15, -0.1) is 11.3 Å². The summed E-state index contributed by atoms with van der Waals surface area (Å²) < 4.78 is 10.9. The Balaban J connectivity index is 1.77. The molecule has 1 saturated heterocycles. The number of morpholine rings is 1. The number of hydrogen-bond acceptors (Lipinski definition) is 4. The fourth-order valence-corrected chi connectivity index (χ4v) is 5.06. The van der Waals surface area contributed by atoms with Crippen molar-refractivity contribution in [2.45, 2.75) is 19.9 Å². The van der Waals surface area contributed by atoms with E-state index in [1.54, 1.807) is 23.5 Å². The maximum atomic E-state index is 12.7. The van der Waals surface area contributed by atoms with Crippen molar-refractivity contribution in [3.63, 3.8) is 0 Å². The summed E-state index contributed by atoms with van der Waals surface area (Å²) in [7, 11) is 0. The third-order valence-corrected chi connectivity index (χ3v) is 6.83. The highest BCUT2D eigenvalue weighted by Crippen LogP contribution is 2.38. The molecule has 1 aromatic carbocycles. The van der Waals surface area contributed by atoms with E-state index in [2.05, 4.69) is 31.3 Å². The SMILES string of the molecule is Cc1sc(NC(=O)c2ccco2)c(C(c2ccc(Cl)cc2)[NH+]2CCOCC2)c1C. The molecule has 1 atom stereocenters. The second-order valence-corrected chi connectivity index (χ2v) is 8.87. The Kier molecular flexibility index (Phi) is 6.06. The van der Waals surface area contributed by atoms with E-state index in [-0.39, 0.29) is 11.9 Å². The highest BCUT2D eigenvalue weighted by atomic mass is 35.5. The molecule has 1 unspecified atom stereocenters. The summed E-state index contributed by atoms with van der Waals surface area (Å²) in [4.78, 5) is 15.3. The molecule has 0 aliphatic carbocycles. The molecule has 3 heterocycles. The van der Waals surface area contributed by atoms with Crippen LogP contribution in [0.2, 0.25) is 5.02 Å². The van der Waals surface area contributed by atoms with E-state index >= 15 is 0 Å². The number of nitrogens with one attached hydrogen (secondary N) is 2. The van der Waals surface area contributed by atoms with Gasteiger partial charge in [0.1, 0.15) is 24.1 Å². The van der Waals surface area contributed by atoms with Gasteiger partial charge in [-0.05, 0) is 43.7 Å². The normalized spacial score (nSPS) is 16.0. The van der Waals surface area contributed by atoms with Crippen LogP contribution in [-0.4, -0.2) is 32.2 Å². The number of halogens is 1. The Hall–Kier alpha value is -2.12. The molecule has 3 aromatic rings. The first-order chi connectivity index (χ1) is 14.0. The zero-order valence-corrected chi connectivity index (χ0v) is 18.0. The van der Waals surface area contributed by atoms with Crippen molar-refractivity contribution in [3.05, 3.63) is 75.0 Å². The quantitative estimate of drug-likeness (QED) is 0.644. The lowest BCUT2D eigenvalue weighted by molar-refractivity contribution is -0.933. The summed E-state index contributed by atoms with van der Waals surface area (Å²) in [5.41, 5.74) is 3.55. The Morgan fingerprint density at radius 3 is 2.55 bits per heavy atom. The smallest absolute Gasteiger partial charge is 0.291 e. The molecule has 0 saturated carbocycles. The first-order valence-corrected chi connectivity index (χ1v) is 10.9. The van der Waals surface area contributed by atoms with E-state index < -0.39 is 0 Å². The minimum atomic E-state index is -0.232. The zero-order valence-electron chi connectivity index (χ0n) is 16.5. The lowest BCUT2D eigenvalue weighted by Crippen LogP contribution is -3.14. The minimum Gasteiger partial charge on any atom is -0.459 e. The molecule has 2 aromatic heterocycles. The molecule has 4 rings (SSSR count). The van der Waals surface area contributed by atoms with Crippen LogP contribution in [0.15, 0.2) is 47.1 Å². The van der Waals surface area contributed by atoms with Crippen LogP contribution in [0, 0.1) is 13.8 Å². The maximum Gasteiger partial charge on any atom is 0.291 e. The van der Waals surface area contributed by atoms with Crippen LogP contribution in [0.3, 0.4) is 0 Å². The van der Waals surface area contributed by atoms with Gasteiger partial charge in [-0.1, -0.05) is 23.7 Å². The molecule has 152 valence electrons. The summed E-state index contributed by atoms with van der Waals surface area (Å²) in [6.45, 7) is 7.51. The number of carbonyl (C=O) groups excluding carboxylic acids is 1. The summed E-state index contributed by atoms with van der Waals surface area (Å²) in [5.74, 6) is 0.0748. The highest BCUT2D eigenvalue weighted by Gasteiger charge is 2.33. The third kappa shape index (κ3) is 4.26. The number of rotatable bonds is 5. The van der Waals surface area contributed by atoms with Crippen LogP contribution >= 0.6 is 22.9 Å². The van der Waals surface area contributed by atoms with Gasteiger partial charge in [0.05, 0.1) is 25.0 Å². The van der Waals surface area contributed by atoms with Gasteiger partial charge in [0.25, 0.3) is 5.91 Å². The minimum absolute atomic E-state index is 0.0908. The number of furan rings is 1. The standard InChI is InChI=1S/C22H23ClN2O3S/c1-14-15(2)29-22(24-21(26)18-4-3-11-28-18)19(14)20(25-9-12-27-13-10-25)16-5-7-17(23)8-6-16/h3-8,11,20H,9-10,12-13H2,1-2H3,(H,24,26)/p+1. The van der Waals surface area contributed by atoms with Gasteiger partial charge in [0.2, 0.25) is 0 Å². The molecule has 1 amide bonds. The van der Waals surface area contributed by atoms with Gasteiger partial charge in [-0.2, -0.15) is 0 Å². The lowest BCUT2D eigenvalue weighted by Gasteiger charge is -2.32. The predicted octanol–water partition coefficient (Wildman–Crippen LogP) is 3.87. The molecular weight excluding hydrogens is 408 g/mol. The molecule has 2 N–H and O–H groups in total. The Morgan fingerprint density at radius 2 is 1.90 bits per heavy atom. The van der Waals surface area contributed by atoms with Crippen LogP contribution < -0.4 is 10.2 Å². The number of carbonyl (C=O) groups is 1. The largest absolute Gasteiger partial charge is 0.459 e. The Labute approximate surface area is 179 Å². The second kappa shape index (κ2) is 8.71. The number of thiophene rings is 1. The third-order valence-electron chi connectivity index (χ3n) is 5.44. The average molecular weight is 432 g/mol. The van der Waals surface area contributed by atoms with E-state index in [9.17, 15) is 4.79 Å². The Bertz CT molecular complexity index is 976. The fourth-order valence-electron chi connectivity index (χ4n) is 3.84. The topological polar surface area (TPSA) is 55.9 Å². The second-order valence-electron chi connectivity index (χ2n) is 7.21. The van der Waals surface area contributed by atoms with Crippen LogP contribution in [-0.2, 0) is 4.74 Å². The number of anilines is 1. The number of hydrogen-bond donors (Lipinski definition) is 2. The van der Waals surface area contributed by atoms with Crippen LogP contribution in [0.4, 0.5) is 5.00 Å². The van der Waals surface area contributed by atoms with Crippen molar-refractivity contribution in [2.24, 2.45) is 0 Å². The summed E-state index contributed by atoms with van der Waals surface area (Å²) in [5, 5.41) is 4.68. The molecule has 0 bridgehead atoms. The number of benzene rings is 1. The van der Waals surface area contributed by atoms with Crippen molar-refractivity contribution in [3.8, 4) is 0 Å². The highest BCUT2D eigenvalue weighted by molar-refractivity contribution is 7.16. The zero-order chi connectivity index (χ0) is 20.4. The van der Waals surface area contributed by atoms with Gasteiger partial charge in [0.15, 0.2) is 5.76 Å². The molecule has 1 aliphatic heterocycles. The van der Waals surface area contributed by atoms with Gasteiger partial charge >= 0.3 is 0 Å². The molecule has 5 nitrogen and oxygen atoms in total. The molecule has 29 heavy (non-hydrogen) atoms. The molecular formula is C22H24ClN2O3S+. The van der Waals surface area contributed by atoms with E-state index in [0.29, 0.717) is 10.8 Å². The molecule has 1 fully saturated rings. The maximum absolute atomic E-state index is 12.7. The number of quaternary nitrogens is 1. The molecule has 7 heteroatoms. The van der Waals surface area contributed by atoms with Crippen molar-refractivity contribution in [1.29, 1.82) is 0 Å². The lowest BCUT2D eigenvalue weighted by atomic mass is 9.94. The van der Waals surface area contributed by atoms with Crippen molar-refractivity contribution >= 4 is 33.8 Å².